The molecule has 1 fully saturated rings. The third-order valence-corrected chi connectivity index (χ3v) is 14.6. The Bertz CT molecular complexity index is 110. The molecule has 0 aromatic heterocycles. The van der Waals surface area contributed by atoms with E-state index in [0.29, 0.717) is 0 Å². The SMILES string of the molecule is C[Si](C)(C)P1[B]P[B]P[B]1. The van der Waals surface area contributed by atoms with Crippen molar-refractivity contribution in [1.82, 2.24) is 0 Å². The molecular formula is C3H11B3P3Si. The summed E-state index contributed by atoms with van der Waals surface area (Å²) in [5, 5.41) is 0. The topological polar surface area (TPSA) is 0 Å². The Morgan fingerprint density at radius 1 is 1.10 bits per heavy atom. The van der Waals surface area contributed by atoms with Crippen molar-refractivity contribution in [2.45, 2.75) is 19.6 Å². The summed E-state index contributed by atoms with van der Waals surface area (Å²) in [6, 6.07) is 0. The van der Waals surface area contributed by atoms with Crippen molar-refractivity contribution < 1.29 is 0 Å². The van der Waals surface area contributed by atoms with Crippen LogP contribution < -0.4 is 0 Å². The van der Waals surface area contributed by atoms with Crippen LogP contribution in [0.3, 0.4) is 0 Å². The van der Waals surface area contributed by atoms with E-state index in [1.54, 1.807) is 0 Å². The highest BCUT2D eigenvalue weighted by Crippen LogP contribution is 2.54. The summed E-state index contributed by atoms with van der Waals surface area (Å²) in [6.45, 7) is 15.0. The molecule has 0 bridgehead atoms. The van der Waals surface area contributed by atoms with E-state index in [9.17, 15) is 0 Å². The fourth-order valence-electron chi connectivity index (χ4n) is 0.708. The van der Waals surface area contributed by atoms with Crippen LogP contribution in [0.2, 0.25) is 19.6 Å². The molecule has 2 unspecified atom stereocenters. The molecular weight excluding hydrogens is 189 g/mol. The highest BCUT2D eigenvalue weighted by Gasteiger charge is 2.27. The van der Waals surface area contributed by atoms with E-state index in [4.69, 9.17) is 0 Å². The lowest BCUT2D eigenvalue weighted by molar-refractivity contribution is 1.87. The van der Waals surface area contributed by atoms with Gasteiger partial charge in [0.1, 0.15) is 0 Å². The van der Waals surface area contributed by atoms with Crippen molar-refractivity contribution in [2.24, 2.45) is 0 Å². The summed E-state index contributed by atoms with van der Waals surface area (Å²) in [4.78, 5) is 0. The molecule has 1 heterocycles. The normalized spacial score (nSPS) is 30.9. The molecule has 0 saturated carbocycles. The zero-order chi connectivity index (χ0) is 7.61. The van der Waals surface area contributed by atoms with Crippen molar-refractivity contribution in [1.29, 1.82) is 0 Å². The van der Waals surface area contributed by atoms with Gasteiger partial charge in [0.15, 0.2) is 20.2 Å². The van der Waals surface area contributed by atoms with Gasteiger partial charge in [-0.15, -0.1) is 0 Å². The quantitative estimate of drug-likeness (QED) is 0.450. The number of hydrogen-bond acceptors (Lipinski definition) is 0. The van der Waals surface area contributed by atoms with Crippen LogP contribution in [0.25, 0.3) is 0 Å². The van der Waals surface area contributed by atoms with Gasteiger partial charge in [0.05, 0.1) is 7.74 Å². The molecule has 3 radical (unpaired) electrons. The van der Waals surface area contributed by atoms with Crippen molar-refractivity contribution in [2.75, 3.05) is 0 Å². The zero-order valence-corrected chi connectivity index (χ0v) is 10.6. The van der Waals surface area contributed by atoms with Gasteiger partial charge in [0.2, 0.25) is 0 Å². The fraction of sp³-hybridized carbons (Fsp3) is 1.00. The van der Waals surface area contributed by atoms with Crippen LogP contribution in [0, 0.1) is 0 Å². The highest BCUT2D eigenvalue weighted by molar-refractivity contribution is 8.55. The maximum Gasteiger partial charge on any atom is 0.153 e. The van der Waals surface area contributed by atoms with E-state index in [-0.39, 0.29) is 7.23 Å². The Kier molecular flexibility index (Phi) is 4.00. The van der Waals surface area contributed by atoms with E-state index >= 15 is 0 Å². The minimum Gasteiger partial charge on any atom is -0.192 e. The molecule has 7 heteroatoms. The minimum atomic E-state index is -0.809. The first-order valence-corrected chi connectivity index (χ1v) is 11.5. The smallest absolute Gasteiger partial charge is 0.153 e. The summed E-state index contributed by atoms with van der Waals surface area (Å²) in [6.07, 6.45) is 0. The van der Waals surface area contributed by atoms with Gasteiger partial charge in [-0.3, -0.25) is 0 Å². The van der Waals surface area contributed by atoms with Gasteiger partial charge in [-0.25, -0.2) is 0 Å². The fourth-order valence-corrected chi connectivity index (χ4v) is 16.7. The average Bonchev–Trinajstić information content (AvgIpc) is 1.88. The molecule has 0 N–H and O–H groups in total. The lowest BCUT2D eigenvalue weighted by Gasteiger charge is -2.32. The lowest BCUT2D eigenvalue weighted by Crippen LogP contribution is -2.23. The Hall–Kier alpha value is 1.70. The Morgan fingerprint density at radius 3 is 1.90 bits per heavy atom. The Labute approximate surface area is 71.7 Å². The molecule has 51 valence electrons. The molecule has 1 saturated heterocycles. The summed E-state index contributed by atoms with van der Waals surface area (Å²) in [5.74, 6) is 0. The van der Waals surface area contributed by atoms with E-state index in [1.807, 2.05) is 0 Å². The zero-order valence-electron chi connectivity index (χ0n) is 6.68. The van der Waals surface area contributed by atoms with Gasteiger partial charge in [-0.05, 0) is 0 Å². The van der Waals surface area contributed by atoms with Crippen molar-refractivity contribution in [3.63, 3.8) is 0 Å². The first kappa shape index (κ1) is 9.79. The Balaban J connectivity index is 2.39. The van der Waals surface area contributed by atoms with Gasteiger partial charge in [-0.2, -0.15) is 23.9 Å². The molecule has 0 amide bonds. The summed E-state index contributed by atoms with van der Waals surface area (Å²) < 4.78 is 0. The number of rotatable bonds is 1. The molecule has 1 rings (SSSR count). The summed E-state index contributed by atoms with van der Waals surface area (Å²) in [5.41, 5.74) is 0. The lowest BCUT2D eigenvalue weighted by atomic mass is 10.6. The molecule has 0 nitrogen and oxygen atoms in total. The van der Waals surface area contributed by atoms with Crippen LogP contribution in [0.15, 0.2) is 0 Å². The van der Waals surface area contributed by atoms with Gasteiger partial charge in [-0.1, -0.05) is 19.6 Å². The van der Waals surface area contributed by atoms with Crippen LogP contribution in [0.5, 0.6) is 0 Å². The van der Waals surface area contributed by atoms with Gasteiger partial charge < -0.3 is 0 Å². The van der Waals surface area contributed by atoms with Crippen molar-refractivity contribution in [3.8, 4) is 0 Å². The molecule has 0 aromatic carbocycles. The summed E-state index contributed by atoms with van der Waals surface area (Å²) >= 11 is 0. The second kappa shape index (κ2) is 4.09. The van der Waals surface area contributed by atoms with Crippen LogP contribution in [-0.2, 0) is 0 Å². The van der Waals surface area contributed by atoms with Gasteiger partial charge in [0.25, 0.3) is 0 Å². The first-order chi connectivity index (χ1) is 4.61. The van der Waals surface area contributed by atoms with Gasteiger partial charge in [0, 0.05) is 0 Å². The second-order valence-corrected chi connectivity index (χ2v) is 17.9. The Morgan fingerprint density at radius 2 is 1.60 bits per heavy atom. The van der Waals surface area contributed by atoms with Crippen LogP contribution in [0.4, 0.5) is 0 Å². The van der Waals surface area contributed by atoms with E-state index in [0.717, 1.165) is 16.7 Å². The maximum absolute atomic E-state index is 2.57. The van der Waals surface area contributed by atoms with E-state index in [1.165, 1.54) is 0 Å². The second-order valence-electron chi connectivity index (χ2n) is 3.31. The molecule has 1 aliphatic heterocycles. The van der Waals surface area contributed by atoms with Crippen molar-refractivity contribution >= 4 is 51.8 Å². The standard InChI is InChI=1S/C3H11B3P3Si/c1-10(2,3)9-5-7-4-8-6-9/h7-8H,1-3H3. The predicted molar refractivity (Wildman–Crippen MR) is 64.2 cm³/mol. The van der Waals surface area contributed by atoms with Crippen molar-refractivity contribution in [3.05, 3.63) is 0 Å². The monoisotopic (exact) mass is 201 g/mol. The molecule has 2 atom stereocenters. The largest absolute Gasteiger partial charge is 0.192 e. The van der Waals surface area contributed by atoms with E-state index < -0.39 is 7.74 Å². The third-order valence-electron chi connectivity index (χ3n) is 1.37. The molecule has 0 aromatic rings. The first-order valence-electron chi connectivity index (χ1n) is 3.39. The minimum absolute atomic E-state index is 0.270. The number of hydrogen-bond donors (Lipinski definition) is 0. The third kappa shape index (κ3) is 2.98. The summed E-state index contributed by atoms with van der Waals surface area (Å²) in [7, 11) is 1.56. The molecule has 10 heavy (non-hydrogen) atoms. The van der Waals surface area contributed by atoms with Crippen LogP contribution >= 0.6 is 23.9 Å². The molecule has 0 aliphatic carbocycles. The predicted octanol–water partition coefficient (Wildman–Crippen LogP) is 2.28. The van der Waals surface area contributed by atoms with Crippen LogP contribution in [0.1, 0.15) is 0 Å². The van der Waals surface area contributed by atoms with E-state index in [2.05, 4.69) is 39.8 Å². The van der Waals surface area contributed by atoms with Crippen LogP contribution in [-0.4, -0.2) is 27.9 Å². The van der Waals surface area contributed by atoms with Gasteiger partial charge >= 0.3 is 0 Å². The highest BCUT2D eigenvalue weighted by atomic mass is 31.4. The maximum atomic E-state index is 2.57. The molecule has 0 spiro atoms. The average molecular weight is 201 g/mol. The molecule has 1 aliphatic rings.